The zero-order valence-electron chi connectivity index (χ0n) is 13.5. The summed E-state index contributed by atoms with van der Waals surface area (Å²) in [6.45, 7) is 0. The number of anilines is 1. The molecule has 2 N–H and O–H groups in total. The zero-order chi connectivity index (χ0) is 17.1. The molecule has 0 fully saturated rings. The Hall–Kier alpha value is -3.22. The number of carbonyl (C=O) groups excluding carboxylic acids is 1. The second kappa shape index (κ2) is 6.49. The van der Waals surface area contributed by atoms with Crippen LogP contribution in [0.15, 0.2) is 36.4 Å². The second-order valence-electron chi connectivity index (χ2n) is 5.01. The average Bonchev–Trinajstić information content (AvgIpc) is 3.02. The highest BCUT2D eigenvalue weighted by atomic mass is 16.5. The van der Waals surface area contributed by atoms with Crippen molar-refractivity contribution in [2.24, 2.45) is 0 Å². The maximum Gasteiger partial charge on any atom is 0.257 e. The van der Waals surface area contributed by atoms with E-state index in [9.17, 15) is 4.79 Å². The number of nitrogens with zero attached hydrogens (tertiary/aromatic N) is 1. The Morgan fingerprint density at radius 3 is 2.50 bits per heavy atom. The molecule has 0 aliphatic rings. The summed E-state index contributed by atoms with van der Waals surface area (Å²) >= 11 is 0. The molecule has 24 heavy (non-hydrogen) atoms. The first-order valence-electron chi connectivity index (χ1n) is 7.21. The maximum atomic E-state index is 12.5. The van der Waals surface area contributed by atoms with Crippen molar-refractivity contribution in [3.05, 3.63) is 42.0 Å². The lowest BCUT2D eigenvalue weighted by Gasteiger charge is -2.09. The molecule has 2 aromatic carbocycles. The quantitative estimate of drug-likeness (QED) is 0.752. The smallest absolute Gasteiger partial charge is 0.257 e. The SMILES string of the molecule is COc1ccc2[nH]nc(NC(=O)c3ccc(OC)c(OC)c3)c2c1. The molecule has 0 saturated heterocycles. The van der Waals surface area contributed by atoms with Crippen LogP contribution < -0.4 is 19.5 Å². The van der Waals surface area contributed by atoms with E-state index in [1.54, 1.807) is 32.4 Å². The highest BCUT2D eigenvalue weighted by Crippen LogP contribution is 2.29. The maximum absolute atomic E-state index is 12.5. The van der Waals surface area contributed by atoms with Crippen LogP contribution in [0.1, 0.15) is 10.4 Å². The number of benzene rings is 2. The summed E-state index contributed by atoms with van der Waals surface area (Å²) in [5.41, 5.74) is 1.24. The lowest BCUT2D eigenvalue weighted by Crippen LogP contribution is -2.12. The number of carbonyl (C=O) groups is 1. The summed E-state index contributed by atoms with van der Waals surface area (Å²) in [5, 5.41) is 10.6. The first kappa shape index (κ1) is 15.7. The van der Waals surface area contributed by atoms with E-state index in [0.29, 0.717) is 28.6 Å². The number of aromatic nitrogens is 2. The van der Waals surface area contributed by atoms with Crippen molar-refractivity contribution in [3.63, 3.8) is 0 Å². The Balaban J connectivity index is 1.90. The van der Waals surface area contributed by atoms with Gasteiger partial charge in [-0.1, -0.05) is 0 Å². The number of amides is 1. The molecule has 0 bridgehead atoms. The number of ether oxygens (including phenoxy) is 3. The van der Waals surface area contributed by atoms with E-state index >= 15 is 0 Å². The van der Waals surface area contributed by atoms with Crippen molar-refractivity contribution in [2.45, 2.75) is 0 Å². The predicted octanol–water partition coefficient (Wildman–Crippen LogP) is 2.84. The number of nitrogens with one attached hydrogen (secondary N) is 2. The minimum Gasteiger partial charge on any atom is -0.497 e. The molecule has 0 aliphatic heterocycles. The van der Waals surface area contributed by atoms with Crippen LogP contribution in [0.3, 0.4) is 0 Å². The van der Waals surface area contributed by atoms with Gasteiger partial charge in [0.05, 0.1) is 26.8 Å². The number of aromatic amines is 1. The van der Waals surface area contributed by atoms with Gasteiger partial charge in [0, 0.05) is 10.9 Å². The van der Waals surface area contributed by atoms with Crippen molar-refractivity contribution in [1.82, 2.24) is 10.2 Å². The van der Waals surface area contributed by atoms with Gasteiger partial charge in [0.15, 0.2) is 17.3 Å². The van der Waals surface area contributed by atoms with Crippen molar-refractivity contribution in [2.75, 3.05) is 26.6 Å². The average molecular weight is 327 g/mol. The topological polar surface area (TPSA) is 85.5 Å². The number of rotatable bonds is 5. The van der Waals surface area contributed by atoms with Crippen LogP contribution in [0.2, 0.25) is 0 Å². The van der Waals surface area contributed by atoms with Gasteiger partial charge in [0.1, 0.15) is 5.75 Å². The van der Waals surface area contributed by atoms with E-state index in [-0.39, 0.29) is 5.91 Å². The van der Waals surface area contributed by atoms with Gasteiger partial charge in [-0.15, -0.1) is 0 Å². The molecular formula is C17H17N3O4. The molecule has 0 atom stereocenters. The standard InChI is InChI=1S/C17H17N3O4/c1-22-11-5-6-13-12(9-11)16(20-19-13)18-17(21)10-4-7-14(23-2)15(8-10)24-3/h4-9H,1-3H3,(H2,18,19,20,21). The summed E-state index contributed by atoms with van der Waals surface area (Å²) in [7, 11) is 4.65. The van der Waals surface area contributed by atoms with E-state index < -0.39 is 0 Å². The van der Waals surface area contributed by atoms with E-state index in [1.807, 2.05) is 18.2 Å². The highest BCUT2D eigenvalue weighted by molar-refractivity contribution is 6.08. The van der Waals surface area contributed by atoms with Gasteiger partial charge in [-0.25, -0.2) is 0 Å². The van der Waals surface area contributed by atoms with Crippen molar-refractivity contribution >= 4 is 22.6 Å². The Kier molecular flexibility index (Phi) is 4.24. The van der Waals surface area contributed by atoms with Crippen LogP contribution in [0.4, 0.5) is 5.82 Å². The number of fused-ring (bicyclic) bond motifs is 1. The molecule has 1 heterocycles. The fourth-order valence-electron chi connectivity index (χ4n) is 2.37. The van der Waals surface area contributed by atoms with Crippen molar-refractivity contribution < 1.29 is 19.0 Å². The molecule has 0 aliphatic carbocycles. The Morgan fingerprint density at radius 1 is 1.00 bits per heavy atom. The monoisotopic (exact) mass is 327 g/mol. The molecule has 0 saturated carbocycles. The van der Waals surface area contributed by atoms with Crippen LogP contribution in [-0.2, 0) is 0 Å². The van der Waals surface area contributed by atoms with Gasteiger partial charge >= 0.3 is 0 Å². The Bertz CT molecular complexity index is 889. The fourth-order valence-corrected chi connectivity index (χ4v) is 2.37. The zero-order valence-corrected chi connectivity index (χ0v) is 13.5. The Labute approximate surface area is 138 Å². The first-order chi connectivity index (χ1) is 11.7. The molecule has 3 aromatic rings. The van der Waals surface area contributed by atoms with Crippen LogP contribution in [-0.4, -0.2) is 37.4 Å². The molecule has 124 valence electrons. The third-order valence-corrected chi connectivity index (χ3v) is 3.65. The lowest BCUT2D eigenvalue weighted by molar-refractivity contribution is 0.102. The van der Waals surface area contributed by atoms with Gasteiger partial charge in [0.2, 0.25) is 0 Å². The largest absolute Gasteiger partial charge is 0.497 e. The van der Waals surface area contributed by atoms with Gasteiger partial charge in [-0.3, -0.25) is 9.89 Å². The summed E-state index contributed by atoms with van der Waals surface area (Å²) < 4.78 is 15.6. The fraction of sp³-hybridized carbons (Fsp3) is 0.176. The number of hydrogen-bond donors (Lipinski definition) is 2. The molecule has 0 radical (unpaired) electrons. The van der Waals surface area contributed by atoms with Crippen LogP contribution in [0.5, 0.6) is 17.2 Å². The molecule has 3 rings (SSSR count). The molecule has 7 nitrogen and oxygen atoms in total. The van der Waals surface area contributed by atoms with Gasteiger partial charge in [-0.2, -0.15) is 5.10 Å². The first-order valence-corrected chi connectivity index (χ1v) is 7.21. The van der Waals surface area contributed by atoms with Crippen LogP contribution >= 0.6 is 0 Å². The molecule has 0 unspecified atom stereocenters. The molecular weight excluding hydrogens is 310 g/mol. The normalized spacial score (nSPS) is 10.5. The molecule has 1 aromatic heterocycles. The van der Waals surface area contributed by atoms with Crippen molar-refractivity contribution in [3.8, 4) is 17.2 Å². The summed E-state index contributed by atoms with van der Waals surface area (Å²) in [6, 6.07) is 10.4. The highest BCUT2D eigenvalue weighted by Gasteiger charge is 2.14. The minimum absolute atomic E-state index is 0.299. The summed E-state index contributed by atoms with van der Waals surface area (Å²) in [5.74, 6) is 1.86. The van der Waals surface area contributed by atoms with Crippen molar-refractivity contribution in [1.29, 1.82) is 0 Å². The van der Waals surface area contributed by atoms with Gasteiger partial charge < -0.3 is 19.5 Å². The predicted molar refractivity (Wildman–Crippen MR) is 90.1 cm³/mol. The summed E-state index contributed by atoms with van der Waals surface area (Å²) in [6.07, 6.45) is 0. The third kappa shape index (κ3) is 2.83. The Morgan fingerprint density at radius 2 is 1.79 bits per heavy atom. The van der Waals surface area contributed by atoms with E-state index in [1.165, 1.54) is 7.11 Å². The lowest BCUT2D eigenvalue weighted by atomic mass is 10.2. The molecule has 1 amide bonds. The third-order valence-electron chi connectivity index (χ3n) is 3.65. The van der Waals surface area contributed by atoms with Crippen LogP contribution in [0, 0.1) is 0 Å². The second-order valence-corrected chi connectivity index (χ2v) is 5.01. The van der Waals surface area contributed by atoms with Gasteiger partial charge in [-0.05, 0) is 36.4 Å². The number of hydrogen-bond acceptors (Lipinski definition) is 5. The molecule has 7 heteroatoms. The van der Waals surface area contributed by atoms with E-state index in [2.05, 4.69) is 15.5 Å². The van der Waals surface area contributed by atoms with Gasteiger partial charge in [0.25, 0.3) is 5.91 Å². The van der Waals surface area contributed by atoms with E-state index in [0.717, 1.165) is 10.9 Å². The van der Waals surface area contributed by atoms with E-state index in [4.69, 9.17) is 14.2 Å². The number of H-pyrrole nitrogens is 1. The molecule has 0 spiro atoms. The minimum atomic E-state index is -0.299. The summed E-state index contributed by atoms with van der Waals surface area (Å²) in [4.78, 5) is 12.5. The number of methoxy groups -OCH3 is 3. The van der Waals surface area contributed by atoms with Crippen LogP contribution in [0.25, 0.3) is 10.9 Å².